The molecule has 0 spiro atoms. The Hall–Kier alpha value is -2.98. The topological polar surface area (TPSA) is 104 Å². The molecule has 0 saturated heterocycles. The number of hydrogen-bond donors (Lipinski definition) is 2. The molecule has 0 unspecified atom stereocenters. The number of nitriles is 1. The van der Waals surface area contributed by atoms with Crippen molar-refractivity contribution >= 4 is 68.9 Å². The van der Waals surface area contributed by atoms with Crippen LogP contribution in [0.4, 0.5) is 5.69 Å². The first-order valence-corrected chi connectivity index (χ1v) is 12.3. The summed E-state index contributed by atoms with van der Waals surface area (Å²) >= 11 is 4.37. The third kappa shape index (κ3) is 7.81. The minimum absolute atomic E-state index is 0.331. The van der Waals surface area contributed by atoms with Gasteiger partial charge in [-0.15, -0.1) is 0 Å². The molecule has 2 amide bonds. The predicted molar refractivity (Wildman–Crippen MR) is 148 cm³/mol. The van der Waals surface area contributed by atoms with Crippen LogP contribution < -0.4 is 15.5 Å². The molecule has 0 aliphatic rings. The first kappa shape index (κ1) is 25.6. The van der Waals surface area contributed by atoms with E-state index in [0.29, 0.717) is 17.9 Å². The van der Waals surface area contributed by atoms with Crippen LogP contribution in [0.3, 0.4) is 0 Å². The molecule has 0 heterocycles. The average molecular weight is 678 g/mol. The summed E-state index contributed by atoms with van der Waals surface area (Å²) in [5, 5.41) is 15.5. The molecule has 34 heavy (non-hydrogen) atoms. The number of amides is 2. The molecule has 0 saturated carbocycles. The van der Waals surface area contributed by atoms with Crippen molar-refractivity contribution in [2.24, 2.45) is 5.10 Å². The van der Waals surface area contributed by atoms with Gasteiger partial charge in [0.25, 0.3) is 0 Å². The molecule has 0 radical (unpaired) electrons. The molecule has 7 nitrogen and oxygen atoms in total. The first-order chi connectivity index (χ1) is 16.3. The van der Waals surface area contributed by atoms with Crippen LogP contribution in [0, 0.1) is 25.4 Å². The molecule has 3 aromatic carbocycles. The van der Waals surface area contributed by atoms with Crippen molar-refractivity contribution in [3.05, 3.63) is 90.1 Å². The lowest BCUT2D eigenvalue weighted by molar-refractivity contribution is -0.126. The lowest BCUT2D eigenvalue weighted by Crippen LogP contribution is -2.24. The molecule has 3 rings (SSSR count). The Balaban J connectivity index is 1.52. The number of halogens is 2. The maximum absolute atomic E-state index is 12.0. The molecule has 0 aliphatic heterocycles. The summed E-state index contributed by atoms with van der Waals surface area (Å²) in [6, 6.07) is 20.4. The van der Waals surface area contributed by atoms with E-state index in [2.05, 4.69) is 67.1 Å². The van der Waals surface area contributed by atoms with E-state index in [0.717, 1.165) is 29.6 Å². The monoisotopic (exact) mass is 678 g/mol. The smallest absolute Gasteiger partial charge is 0.249 e. The van der Waals surface area contributed by atoms with E-state index in [1.54, 1.807) is 24.3 Å². The number of aryl methyl sites for hydroxylation is 1. The van der Waals surface area contributed by atoms with Gasteiger partial charge in [0.15, 0.2) is 0 Å². The Kier molecular flexibility index (Phi) is 9.41. The van der Waals surface area contributed by atoms with Crippen LogP contribution in [0.5, 0.6) is 5.75 Å². The van der Waals surface area contributed by atoms with E-state index in [9.17, 15) is 9.59 Å². The van der Waals surface area contributed by atoms with Crippen LogP contribution in [0.15, 0.2) is 65.8 Å². The highest BCUT2D eigenvalue weighted by atomic mass is 127. The lowest BCUT2D eigenvalue weighted by atomic mass is 10.1. The fourth-order valence-corrected chi connectivity index (χ4v) is 4.96. The Morgan fingerprint density at radius 3 is 2.29 bits per heavy atom. The quantitative estimate of drug-likeness (QED) is 0.149. The zero-order valence-corrected chi connectivity index (χ0v) is 22.5. The summed E-state index contributed by atoms with van der Waals surface area (Å²) in [4.78, 5) is 24.0. The fraction of sp³-hybridized carbons (Fsp3) is 0.120. The van der Waals surface area contributed by atoms with Crippen molar-refractivity contribution in [3.63, 3.8) is 0 Å². The number of carbonyl (C=O) groups is 2. The second-order valence-electron chi connectivity index (χ2n) is 7.30. The van der Waals surface area contributed by atoms with Gasteiger partial charge in [0.1, 0.15) is 18.8 Å². The van der Waals surface area contributed by atoms with Crippen molar-refractivity contribution in [3.8, 4) is 11.8 Å². The van der Waals surface area contributed by atoms with Crippen molar-refractivity contribution in [2.45, 2.75) is 20.0 Å². The van der Waals surface area contributed by atoms with Crippen LogP contribution in [0.2, 0.25) is 0 Å². The van der Waals surface area contributed by atoms with Crippen molar-refractivity contribution in [2.75, 3.05) is 5.32 Å². The maximum atomic E-state index is 12.0. The second-order valence-corrected chi connectivity index (χ2v) is 9.62. The highest BCUT2D eigenvalue weighted by Crippen LogP contribution is 2.29. The molecule has 0 bridgehead atoms. The van der Waals surface area contributed by atoms with Crippen LogP contribution >= 0.6 is 45.2 Å². The molecule has 3 aromatic rings. The van der Waals surface area contributed by atoms with Crippen LogP contribution in [0.1, 0.15) is 28.7 Å². The molecular weight excluding hydrogens is 658 g/mol. The lowest BCUT2D eigenvalue weighted by Gasteiger charge is -2.11. The predicted octanol–water partition coefficient (Wildman–Crippen LogP) is 5.13. The summed E-state index contributed by atoms with van der Waals surface area (Å²) in [5.74, 6) is -0.170. The summed E-state index contributed by atoms with van der Waals surface area (Å²) in [7, 11) is 0. The van der Waals surface area contributed by atoms with Crippen LogP contribution in [-0.2, 0) is 16.2 Å². The summed E-state index contributed by atoms with van der Waals surface area (Å²) in [6.45, 7) is 2.34. The van der Waals surface area contributed by atoms with E-state index >= 15 is 0 Å². The highest BCUT2D eigenvalue weighted by Gasteiger charge is 2.11. The Labute approximate surface area is 224 Å². The van der Waals surface area contributed by atoms with Gasteiger partial charge in [-0.05, 0) is 99.6 Å². The van der Waals surface area contributed by atoms with E-state index in [1.165, 1.54) is 6.21 Å². The van der Waals surface area contributed by atoms with E-state index in [-0.39, 0.29) is 6.42 Å². The molecular formula is C25H20I2N4O3. The van der Waals surface area contributed by atoms with Crippen molar-refractivity contribution < 1.29 is 14.3 Å². The van der Waals surface area contributed by atoms with Gasteiger partial charge in [-0.1, -0.05) is 29.8 Å². The summed E-state index contributed by atoms with van der Waals surface area (Å²) in [5.41, 5.74) is 6.45. The van der Waals surface area contributed by atoms with Gasteiger partial charge in [-0.2, -0.15) is 10.4 Å². The Bertz CT molecular complexity index is 1230. The number of rotatable bonds is 8. The fourth-order valence-electron chi connectivity index (χ4n) is 2.83. The van der Waals surface area contributed by atoms with E-state index in [4.69, 9.17) is 10.00 Å². The molecule has 172 valence electrons. The molecule has 0 aliphatic carbocycles. The van der Waals surface area contributed by atoms with E-state index in [1.807, 2.05) is 43.3 Å². The van der Waals surface area contributed by atoms with Gasteiger partial charge in [0, 0.05) is 5.69 Å². The Morgan fingerprint density at radius 2 is 1.68 bits per heavy atom. The number of ether oxygens (including phenoxy) is 1. The van der Waals surface area contributed by atoms with Gasteiger partial charge in [-0.25, -0.2) is 5.43 Å². The SMILES string of the molecule is Cc1ccc(NC(=O)CC(=O)NN=Cc2cc(I)c(OCc3ccc(C#N)cc3)c(I)c2)cc1. The minimum Gasteiger partial charge on any atom is -0.487 e. The average Bonchev–Trinajstić information content (AvgIpc) is 2.80. The van der Waals surface area contributed by atoms with E-state index < -0.39 is 11.8 Å². The van der Waals surface area contributed by atoms with Gasteiger partial charge in [-0.3, -0.25) is 9.59 Å². The van der Waals surface area contributed by atoms with Gasteiger partial charge in [0.2, 0.25) is 11.8 Å². The second kappa shape index (κ2) is 12.5. The zero-order valence-electron chi connectivity index (χ0n) is 18.1. The normalized spacial score (nSPS) is 10.5. The number of nitrogens with zero attached hydrogens (tertiary/aromatic N) is 2. The number of carbonyl (C=O) groups excluding carboxylic acids is 2. The molecule has 0 fully saturated rings. The van der Waals surface area contributed by atoms with Crippen LogP contribution in [-0.4, -0.2) is 18.0 Å². The summed E-state index contributed by atoms with van der Waals surface area (Å²) in [6.07, 6.45) is 1.19. The minimum atomic E-state index is -0.507. The van der Waals surface area contributed by atoms with Crippen molar-refractivity contribution in [1.29, 1.82) is 5.26 Å². The van der Waals surface area contributed by atoms with Crippen LogP contribution in [0.25, 0.3) is 0 Å². The van der Waals surface area contributed by atoms with Gasteiger partial charge in [0.05, 0.1) is 25.0 Å². The third-order valence-electron chi connectivity index (χ3n) is 4.55. The number of hydrogen-bond acceptors (Lipinski definition) is 5. The number of hydrazone groups is 1. The largest absolute Gasteiger partial charge is 0.487 e. The third-order valence-corrected chi connectivity index (χ3v) is 6.15. The van der Waals surface area contributed by atoms with Gasteiger partial charge >= 0.3 is 0 Å². The standard InChI is InChI=1S/C25H20I2N4O3/c1-16-2-8-20(9-3-16)30-23(32)12-24(33)31-29-14-19-10-21(26)25(22(27)11-19)34-15-18-6-4-17(13-28)5-7-18/h2-11,14H,12,15H2,1H3,(H,30,32)(H,31,33). The molecule has 0 aromatic heterocycles. The number of nitrogens with one attached hydrogen (secondary N) is 2. The molecule has 0 atom stereocenters. The Morgan fingerprint density at radius 1 is 1.03 bits per heavy atom. The zero-order chi connectivity index (χ0) is 24.5. The highest BCUT2D eigenvalue weighted by molar-refractivity contribution is 14.1. The van der Waals surface area contributed by atoms with Crippen molar-refractivity contribution in [1.82, 2.24) is 5.43 Å². The number of anilines is 1. The van der Waals surface area contributed by atoms with Gasteiger partial charge < -0.3 is 10.1 Å². The maximum Gasteiger partial charge on any atom is 0.249 e. The number of benzene rings is 3. The molecule has 2 N–H and O–H groups in total. The first-order valence-electron chi connectivity index (χ1n) is 10.1. The molecule has 9 heteroatoms. The summed E-state index contributed by atoms with van der Waals surface area (Å²) < 4.78 is 7.75.